The molecule has 0 heterocycles. The first-order valence-corrected chi connectivity index (χ1v) is 11.2. The number of nitrogens with one attached hydrogen (secondary N) is 2. The Hall–Kier alpha value is -1.71. The van der Waals surface area contributed by atoms with Crippen molar-refractivity contribution in [2.75, 3.05) is 29.2 Å². The minimum Gasteiger partial charge on any atom is -0.495 e. The van der Waals surface area contributed by atoms with Gasteiger partial charge in [-0.3, -0.25) is 9.52 Å². The molecule has 0 bridgehead atoms. The Morgan fingerprint density at radius 3 is 2.62 bits per heavy atom. The topological polar surface area (TPSA) is 84.5 Å². The molecule has 6 nitrogen and oxygen atoms in total. The van der Waals surface area contributed by atoms with E-state index in [1.165, 1.54) is 31.0 Å². The summed E-state index contributed by atoms with van der Waals surface area (Å²) < 4.78 is 34.1. The van der Waals surface area contributed by atoms with E-state index < -0.39 is 10.0 Å². The van der Waals surface area contributed by atoms with Crippen LogP contribution < -0.4 is 14.8 Å². The number of anilines is 2. The van der Waals surface area contributed by atoms with Crippen LogP contribution in [0.2, 0.25) is 0 Å². The smallest absolute Gasteiger partial charge is 0.265 e. The maximum atomic E-state index is 12.9. The number of benzene rings is 2. The summed E-state index contributed by atoms with van der Waals surface area (Å²) in [4.78, 5) is 11.7. The van der Waals surface area contributed by atoms with Gasteiger partial charge in [0.25, 0.3) is 10.0 Å². The summed E-state index contributed by atoms with van der Waals surface area (Å²) in [5.74, 6) is 0.257. The van der Waals surface area contributed by atoms with Crippen LogP contribution in [0.3, 0.4) is 0 Å². The van der Waals surface area contributed by atoms with E-state index in [4.69, 9.17) is 4.74 Å². The maximum Gasteiger partial charge on any atom is 0.265 e. The molecular formula is C17H19BrN2O4S2. The van der Waals surface area contributed by atoms with E-state index in [0.717, 1.165) is 5.56 Å². The van der Waals surface area contributed by atoms with Crippen LogP contribution in [0.4, 0.5) is 11.4 Å². The fourth-order valence-corrected chi connectivity index (χ4v) is 4.29. The molecule has 2 aromatic carbocycles. The Labute approximate surface area is 165 Å². The molecule has 0 saturated heterocycles. The van der Waals surface area contributed by atoms with Gasteiger partial charge < -0.3 is 10.1 Å². The van der Waals surface area contributed by atoms with E-state index in [1.54, 1.807) is 18.2 Å². The third-order valence-electron chi connectivity index (χ3n) is 3.38. The zero-order valence-electron chi connectivity index (χ0n) is 14.5. The van der Waals surface area contributed by atoms with Crippen LogP contribution in [0.5, 0.6) is 5.75 Å². The van der Waals surface area contributed by atoms with Gasteiger partial charge in [-0.2, -0.15) is 11.8 Å². The van der Waals surface area contributed by atoms with Crippen LogP contribution in [0.15, 0.2) is 45.8 Å². The molecule has 0 aliphatic carbocycles. The van der Waals surface area contributed by atoms with Crippen molar-refractivity contribution in [2.24, 2.45) is 0 Å². The summed E-state index contributed by atoms with van der Waals surface area (Å²) in [5, 5.41) is 2.67. The van der Waals surface area contributed by atoms with Crippen molar-refractivity contribution in [1.29, 1.82) is 0 Å². The van der Waals surface area contributed by atoms with Crippen LogP contribution in [-0.4, -0.2) is 33.4 Å². The first-order chi connectivity index (χ1) is 12.3. The third kappa shape index (κ3) is 5.15. The molecule has 0 aliphatic rings. The normalized spacial score (nSPS) is 11.1. The van der Waals surface area contributed by atoms with Crippen LogP contribution >= 0.6 is 27.7 Å². The highest BCUT2D eigenvalue weighted by Crippen LogP contribution is 2.31. The predicted octanol–water partition coefficient (Wildman–Crippen LogP) is 3.87. The molecule has 26 heavy (non-hydrogen) atoms. The molecule has 0 saturated carbocycles. The monoisotopic (exact) mass is 458 g/mol. The highest BCUT2D eigenvalue weighted by molar-refractivity contribution is 9.10. The number of halogens is 1. The summed E-state index contributed by atoms with van der Waals surface area (Å²) in [7, 11) is -2.54. The number of carbonyl (C=O) groups is 1. The van der Waals surface area contributed by atoms with E-state index in [-0.39, 0.29) is 22.3 Å². The van der Waals surface area contributed by atoms with Crippen molar-refractivity contribution in [3.05, 3.63) is 46.4 Å². The minimum atomic E-state index is -3.93. The molecule has 0 atom stereocenters. The summed E-state index contributed by atoms with van der Waals surface area (Å²) >= 11 is 4.72. The molecule has 1 amide bonds. The number of aryl methyl sites for hydroxylation is 1. The summed E-state index contributed by atoms with van der Waals surface area (Å²) in [5.41, 5.74) is 1.72. The van der Waals surface area contributed by atoms with Gasteiger partial charge in [-0.1, -0.05) is 6.07 Å². The van der Waals surface area contributed by atoms with Gasteiger partial charge in [0, 0.05) is 10.2 Å². The lowest BCUT2D eigenvalue weighted by Crippen LogP contribution is -2.17. The number of carbonyl (C=O) groups excluding carboxylic acids is 1. The van der Waals surface area contributed by atoms with E-state index >= 15 is 0 Å². The molecule has 0 aromatic heterocycles. The molecule has 0 radical (unpaired) electrons. The van der Waals surface area contributed by atoms with Crippen molar-refractivity contribution >= 4 is 55.0 Å². The van der Waals surface area contributed by atoms with Crippen molar-refractivity contribution < 1.29 is 17.9 Å². The molecule has 2 rings (SSSR count). The Kier molecular flexibility index (Phi) is 6.96. The molecule has 0 unspecified atom stereocenters. The fraction of sp³-hybridized carbons (Fsp3) is 0.235. The lowest BCUT2D eigenvalue weighted by molar-refractivity contribution is -0.113. The molecule has 9 heteroatoms. The second-order valence-corrected chi connectivity index (χ2v) is 8.81. The number of hydrogen-bond donors (Lipinski definition) is 2. The van der Waals surface area contributed by atoms with Crippen LogP contribution in [0.25, 0.3) is 0 Å². The summed E-state index contributed by atoms with van der Waals surface area (Å²) in [6.07, 6.45) is 1.81. The first-order valence-electron chi connectivity index (χ1n) is 7.52. The molecule has 0 spiro atoms. The summed E-state index contributed by atoms with van der Waals surface area (Å²) in [6.45, 7) is 1.87. The van der Waals surface area contributed by atoms with Gasteiger partial charge in [-0.15, -0.1) is 0 Å². The Balaban J connectivity index is 2.40. The zero-order chi connectivity index (χ0) is 19.3. The van der Waals surface area contributed by atoms with Crippen molar-refractivity contribution in [1.82, 2.24) is 0 Å². The SMILES string of the molecule is COc1ccc(NC(=O)CSC)cc1S(=O)(=O)Nc1cc(C)ccc1Br. The number of sulfonamides is 1. The van der Waals surface area contributed by atoms with Gasteiger partial charge >= 0.3 is 0 Å². The van der Waals surface area contributed by atoms with E-state index in [0.29, 0.717) is 15.8 Å². The molecule has 2 aromatic rings. The van der Waals surface area contributed by atoms with Crippen molar-refractivity contribution in [3.8, 4) is 5.75 Å². The van der Waals surface area contributed by atoms with Crippen molar-refractivity contribution in [3.63, 3.8) is 0 Å². The molecule has 0 aliphatic heterocycles. The third-order valence-corrected chi connectivity index (χ3v) is 6.01. The Morgan fingerprint density at radius 1 is 1.23 bits per heavy atom. The van der Waals surface area contributed by atoms with Crippen LogP contribution in [-0.2, 0) is 14.8 Å². The molecule has 0 fully saturated rings. The minimum absolute atomic E-state index is 0.0599. The highest BCUT2D eigenvalue weighted by atomic mass is 79.9. The second-order valence-electron chi connectivity index (χ2n) is 5.44. The lowest BCUT2D eigenvalue weighted by Gasteiger charge is -2.14. The number of amides is 1. The van der Waals surface area contributed by atoms with Gasteiger partial charge in [0.2, 0.25) is 5.91 Å². The molecular weight excluding hydrogens is 440 g/mol. The largest absolute Gasteiger partial charge is 0.495 e. The average Bonchev–Trinajstić information content (AvgIpc) is 2.58. The van der Waals surface area contributed by atoms with Crippen molar-refractivity contribution in [2.45, 2.75) is 11.8 Å². The van der Waals surface area contributed by atoms with E-state index in [1.807, 2.05) is 19.2 Å². The lowest BCUT2D eigenvalue weighted by atomic mass is 10.2. The van der Waals surface area contributed by atoms with Crippen LogP contribution in [0.1, 0.15) is 5.56 Å². The van der Waals surface area contributed by atoms with Crippen LogP contribution in [0, 0.1) is 6.92 Å². The average molecular weight is 459 g/mol. The maximum absolute atomic E-state index is 12.9. The fourth-order valence-electron chi connectivity index (χ4n) is 2.21. The molecule has 2 N–H and O–H groups in total. The Bertz CT molecular complexity index is 917. The Morgan fingerprint density at radius 2 is 1.96 bits per heavy atom. The summed E-state index contributed by atoms with van der Waals surface area (Å²) in [6, 6.07) is 9.84. The predicted molar refractivity (Wildman–Crippen MR) is 110 cm³/mol. The second kappa shape index (κ2) is 8.79. The number of thioether (sulfide) groups is 1. The van der Waals surface area contributed by atoms with E-state index in [9.17, 15) is 13.2 Å². The van der Waals surface area contributed by atoms with Gasteiger partial charge in [-0.25, -0.2) is 8.42 Å². The van der Waals surface area contributed by atoms with Gasteiger partial charge in [0.05, 0.1) is 18.6 Å². The number of rotatable bonds is 7. The number of ether oxygens (including phenoxy) is 1. The highest BCUT2D eigenvalue weighted by Gasteiger charge is 2.22. The molecule has 140 valence electrons. The quantitative estimate of drug-likeness (QED) is 0.657. The number of hydrogen-bond acceptors (Lipinski definition) is 5. The number of methoxy groups -OCH3 is 1. The van der Waals surface area contributed by atoms with Gasteiger partial charge in [0.1, 0.15) is 10.6 Å². The van der Waals surface area contributed by atoms with E-state index in [2.05, 4.69) is 26.0 Å². The first kappa shape index (κ1) is 20.6. The standard InChI is InChI=1S/C17H19BrN2O4S2/c1-11-4-6-13(18)14(8-11)20-26(22,23)16-9-12(5-7-15(16)24-2)19-17(21)10-25-3/h4-9,20H,10H2,1-3H3,(H,19,21). The van der Waals surface area contributed by atoms with Gasteiger partial charge in [0.15, 0.2) is 0 Å². The van der Waals surface area contributed by atoms with Gasteiger partial charge in [-0.05, 0) is 65.0 Å². The zero-order valence-corrected chi connectivity index (χ0v) is 17.7.